The number of aliphatic hydroxyl groups excluding tert-OH is 1. The van der Waals surface area contributed by atoms with E-state index < -0.39 is 0 Å². The van der Waals surface area contributed by atoms with Crippen molar-refractivity contribution in [1.82, 2.24) is 20.4 Å². The van der Waals surface area contributed by atoms with Crippen molar-refractivity contribution in [2.75, 3.05) is 32.8 Å². The first kappa shape index (κ1) is 16.0. The zero-order valence-electron chi connectivity index (χ0n) is 12.6. The molecule has 1 aromatic rings. The number of nitrogens with zero attached hydrogens (tertiary/aromatic N) is 2. The standard InChI is InChI=1S/C15H26N4O2/c20-12-14-4-2-7-19(11-14)8-6-16-15(21)5-1-3-13-9-17-18-10-13/h9-10,14,20H,1-8,11-12H2,(H,16,21)(H,17,18)/t14-/m1/s1. The SMILES string of the molecule is O=C(CCCc1cn[nH]c1)NCCN1CCC[C@@H](CO)C1. The summed E-state index contributed by atoms with van der Waals surface area (Å²) < 4.78 is 0. The summed E-state index contributed by atoms with van der Waals surface area (Å²) in [6, 6.07) is 0. The molecule has 2 rings (SSSR count). The molecule has 1 aliphatic heterocycles. The molecule has 0 radical (unpaired) electrons. The van der Waals surface area contributed by atoms with Gasteiger partial charge in [0.1, 0.15) is 0 Å². The second-order valence-electron chi connectivity index (χ2n) is 5.80. The number of aliphatic hydroxyl groups is 1. The van der Waals surface area contributed by atoms with Gasteiger partial charge in [-0.05, 0) is 43.7 Å². The van der Waals surface area contributed by atoms with Crippen LogP contribution < -0.4 is 5.32 Å². The molecule has 0 saturated carbocycles. The minimum atomic E-state index is 0.120. The van der Waals surface area contributed by atoms with Crippen LogP contribution >= 0.6 is 0 Å². The number of hydrogen-bond acceptors (Lipinski definition) is 4. The molecule has 0 aromatic carbocycles. The van der Waals surface area contributed by atoms with Gasteiger partial charge in [0.2, 0.25) is 5.91 Å². The summed E-state index contributed by atoms with van der Waals surface area (Å²) >= 11 is 0. The molecular weight excluding hydrogens is 268 g/mol. The molecule has 6 nitrogen and oxygen atoms in total. The third-order valence-electron chi connectivity index (χ3n) is 4.04. The molecule has 0 unspecified atom stereocenters. The molecule has 1 aliphatic rings. The fourth-order valence-electron chi connectivity index (χ4n) is 2.81. The van der Waals surface area contributed by atoms with E-state index in [4.69, 9.17) is 0 Å². The number of aromatic amines is 1. The van der Waals surface area contributed by atoms with Crippen LogP contribution in [0.2, 0.25) is 0 Å². The molecule has 1 atom stereocenters. The Hall–Kier alpha value is -1.40. The van der Waals surface area contributed by atoms with Crippen molar-refractivity contribution < 1.29 is 9.90 Å². The predicted molar refractivity (Wildman–Crippen MR) is 80.8 cm³/mol. The second-order valence-corrected chi connectivity index (χ2v) is 5.80. The lowest BCUT2D eigenvalue weighted by Crippen LogP contribution is -2.41. The van der Waals surface area contributed by atoms with Gasteiger partial charge >= 0.3 is 0 Å². The topological polar surface area (TPSA) is 81.2 Å². The Morgan fingerprint density at radius 3 is 3.24 bits per heavy atom. The van der Waals surface area contributed by atoms with E-state index in [0.29, 0.717) is 18.9 Å². The van der Waals surface area contributed by atoms with Crippen molar-refractivity contribution in [3.63, 3.8) is 0 Å². The zero-order valence-corrected chi connectivity index (χ0v) is 12.6. The summed E-state index contributed by atoms with van der Waals surface area (Å²) in [7, 11) is 0. The number of H-pyrrole nitrogens is 1. The number of nitrogens with one attached hydrogen (secondary N) is 2. The molecule has 0 spiro atoms. The molecule has 1 fully saturated rings. The molecule has 0 aliphatic carbocycles. The maximum absolute atomic E-state index is 11.7. The number of carbonyl (C=O) groups is 1. The Morgan fingerprint density at radius 2 is 2.48 bits per heavy atom. The van der Waals surface area contributed by atoms with Gasteiger partial charge < -0.3 is 15.3 Å². The normalized spacial score (nSPS) is 19.6. The van der Waals surface area contributed by atoms with Crippen molar-refractivity contribution in [1.29, 1.82) is 0 Å². The van der Waals surface area contributed by atoms with E-state index in [1.54, 1.807) is 6.20 Å². The highest BCUT2D eigenvalue weighted by Gasteiger charge is 2.18. The van der Waals surface area contributed by atoms with E-state index in [1.165, 1.54) is 0 Å². The van der Waals surface area contributed by atoms with Crippen LogP contribution in [0.3, 0.4) is 0 Å². The summed E-state index contributed by atoms with van der Waals surface area (Å²) in [5.74, 6) is 0.527. The Morgan fingerprint density at radius 1 is 1.57 bits per heavy atom. The minimum Gasteiger partial charge on any atom is -0.396 e. The van der Waals surface area contributed by atoms with E-state index in [0.717, 1.165) is 50.9 Å². The van der Waals surface area contributed by atoms with Gasteiger partial charge in [-0.1, -0.05) is 0 Å². The van der Waals surface area contributed by atoms with Crippen LogP contribution in [0.15, 0.2) is 12.4 Å². The highest BCUT2D eigenvalue weighted by Crippen LogP contribution is 2.14. The van der Waals surface area contributed by atoms with E-state index in [2.05, 4.69) is 20.4 Å². The number of aromatic nitrogens is 2. The van der Waals surface area contributed by atoms with Gasteiger partial charge in [-0.2, -0.15) is 5.10 Å². The van der Waals surface area contributed by atoms with Crippen LogP contribution in [0.4, 0.5) is 0 Å². The molecule has 118 valence electrons. The summed E-state index contributed by atoms with van der Waals surface area (Å²) in [6.45, 7) is 3.88. The quantitative estimate of drug-likeness (QED) is 0.654. The van der Waals surface area contributed by atoms with Crippen molar-refractivity contribution in [3.8, 4) is 0 Å². The fraction of sp³-hybridized carbons (Fsp3) is 0.733. The molecule has 6 heteroatoms. The number of amides is 1. The second kappa shape index (κ2) is 8.79. The highest BCUT2D eigenvalue weighted by molar-refractivity contribution is 5.75. The molecule has 21 heavy (non-hydrogen) atoms. The summed E-state index contributed by atoms with van der Waals surface area (Å²) in [5.41, 5.74) is 1.14. The van der Waals surface area contributed by atoms with E-state index in [-0.39, 0.29) is 12.5 Å². The maximum Gasteiger partial charge on any atom is 0.220 e. The first-order valence-electron chi connectivity index (χ1n) is 7.85. The zero-order chi connectivity index (χ0) is 14.9. The fourth-order valence-corrected chi connectivity index (χ4v) is 2.81. The number of carbonyl (C=O) groups excluding carboxylic acids is 1. The Labute approximate surface area is 125 Å². The smallest absolute Gasteiger partial charge is 0.220 e. The van der Waals surface area contributed by atoms with Crippen LogP contribution in [-0.2, 0) is 11.2 Å². The predicted octanol–water partition coefficient (Wildman–Crippen LogP) is 0.553. The highest BCUT2D eigenvalue weighted by atomic mass is 16.3. The first-order chi connectivity index (χ1) is 10.3. The van der Waals surface area contributed by atoms with Crippen LogP contribution in [-0.4, -0.2) is 58.9 Å². The number of likely N-dealkylation sites (tertiary alicyclic amines) is 1. The number of rotatable bonds is 8. The van der Waals surface area contributed by atoms with Crippen molar-refractivity contribution in [2.24, 2.45) is 5.92 Å². The third-order valence-corrected chi connectivity index (χ3v) is 4.04. The monoisotopic (exact) mass is 294 g/mol. The summed E-state index contributed by atoms with van der Waals surface area (Å²) in [4.78, 5) is 14.1. The lowest BCUT2D eigenvalue weighted by molar-refractivity contribution is -0.121. The lowest BCUT2D eigenvalue weighted by atomic mass is 9.99. The molecule has 1 amide bonds. The van der Waals surface area contributed by atoms with Gasteiger partial charge in [0, 0.05) is 38.9 Å². The molecule has 2 heterocycles. The lowest BCUT2D eigenvalue weighted by Gasteiger charge is -2.31. The summed E-state index contributed by atoms with van der Waals surface area (Å²) in [6.07, 6.45) is 8.22. The number of aryl methyl sites for hydroxylation is 1. The van der Waals surface area contributed by atoms with Gasteiger partial charge in [-0.25, -0.2) is 0 Å². The maximum atomic E-state index is 11.7. The van der Waals surface area contributed by atoms with Gasteiger partial charge in [-0.15, -0.1) is 0 Å². The Balaban J connectivity index is 1.52. The van der Waals surface area contributed by atoms with Crippen molar-refractivity contribution >= 4 is 5.91 Å². The molecule has 1 aromatic heterocycles. The molecule has 3 N–H and O–H groups in total. The largest absolute Gasteiger partial charge is 0.396 e. The minimum absolute atomic E-state index is 0.120. The van der Waals surface area contributed by atoms with Gasteiger partial charge in [0.05, 0.1) is 6.20 Å². The van der Waals surface area contributed by atoms with Crippen molar-refractivity contribution in [2.45, 2.75) is 32.1 Å². The van der Waals surface area contributed by atoms with Gasteiger partial charge in [0.15, 0.2) is 0 Å². The third kappa shape index (κ3) is 5.85. The van der Waals surface area contributed by atoms with Crippen LogP contribution in [0.5, 0.6) is 0 Å². The van der Waals surface area contributed by atoms with Crippen LogP contribution in [0, 0.1) is 5.92 Å². The van der Waals surface area contributed by atoms with E-state index in [9.17, 15) is 9.90 Å². The molecule has 0 bridgehead atoms. The Kier molecular flexibility index (Phi) is 6.69. The first-order valence-corrected chi connectivity index (χ1v) is 7.85. The Bertz CT molecular complexity index is 408. The van der Waals surface area contributed by atoms with E-state index in [1.807, 2.05) is 6.20 Å². The van der Waals surface area contributed by atoms with Crippen molar-refractivity contribution in [3.05, 3.63) is 18.0 Å². The number of piperidine rings is 1. The van der Waals surface area contributed by atoms with Gasteiger partial charge in [-0.3, -0.25) is 9.89 Å². The average molecular weight is 294 g/mol. The van der Waals surface area contributed by atoms with Gasteiger partial charge in [0.25, 0.3) is 0 Å². The molecular formula is C15H26N4O2. The van der Waals surface area contributed by atoms with Crippen LogP contribution in [0.25, 0.3) is 0 Å². The van der Waals surface area contributed by atoms with E-state index >= 15 is 0 Å². The average Bonchev–Trinajstić information content (AvgIpc) is 3.01. The summed E-state index contributed by atoms with van der Waals surface area (Å²) in [5, 5.41) is 18.8. The molecule has 1 saturated heterocycles. The van der Waals surface area contributed by atoms with Crippen LogP contribution in [0.1, 0.15) is 31.2 Å². The number of hydrogen-bond donors (Lipinski definition) is 3.